The number of rotatable bonds is 4. The number of esters is 1. The van der Waals surface area contributed by atoms with E-state index in [1.54, 1.807) is 31.3 Å². The first-order chi connectivity index (χ1) is 15.1. The Morgan fingerprint density at radius 2 is 1.74 bits per heavy atom. The molecule has 3 heterocycles. The van der Waals surface area contributed by atoms with Crippen molar-refractivity contribution in [3.05, 3.63) is 94.2 Å². The highest BCUT2D eigenvalue weighted by molar-refractivity contribution is 9.10. The number of benzene rings is 2. The van der Waals surface area contributed by atoms with Crippen LogP contribution in [0.2, 0.25) is 0 Å². The minimum atomic E-state index is -0.520. The number of ether oxygens (including phenoxy) is 1. The highest BCUT2D eigenvalue weighted by Gasteiger charge is 2.26. The summed E-state index contributed by atoms with van der Waals surface area (Å²) in [6.07, 6.45) is 1.73. The number of hydrogen-bond donors (Lipinski definition) is 0. The summed E-state index contributed by atoms with van der Waals surface area (Å²) in [6, 6.07) is 20.5. The molecule has 5 nitrogen and oxygen atoms in total. The van der Waals surface area contributed by atoms with Gasteiger partial charge in [0, 0.05) is 32.5 Å². The molecule has 0 aliphatic carbocycles. The van der Waals surface area contributed by atoms with Gasteiger partial charge >= 0.3 is 5.97 Å². The zero-order chi connectivity index (χ0) is 21.5. The van der Waals surface area contributed by atoms with Crippen LogP contribution < -0.4 is 0 Å². The van der Waals surface area contributed by atoms with Gasteiger partial charge in [-0.15, -0.1) is 0 Å². The number of aromatic nitrogens is 2. The highest BCUT2D eigenvalue weighted by atomic mass is 79.9. The van der Waals surface area contributed by atoms with Crippen LogP contribution in [0.3, 0.4) is 0 Å². The third-order valence-electron chi connectivity index (χ3n) is 5.28. The van der Waals surface area contributed by atoms with Gasteiger partial charge in [-0.1, -0.05) is 40.2 Å². The molecule has 5 aromatic rings. The first-order valence-electron chi connectivity index (χ1n) is 9.88. The summed E-state index contributed by atoms with van der Waals surface area (Å²) < 4.78 is 7.98. The molecule has 0 spiro atoms. The molecule has 0 saturated heterocycles. The highest BCUT2D eigenvalue weighted by Crippen LogP contribution is 2.30. The van der Waals surface area contributed by atoms with Crippen molar-refractivity contribution in [2.75, 3.05) is 6.61 Å². The molecule has 5 rings (SSSR count). The van der Waals surface area contributed by atoms with Crippen LogP contribution >= 0.6 is 15.9 Å². The fraction of sp³-hybridized carbons (Fsp3) is 0.0800. The largest absolute Gasteiger partial charge is 0.462 e. The maximum atomic E-state index is 13.7. The van der Waals surface area contributed by atoms with Gasteiger partial charge < -0.3 is 9.14 Å². The van der Waals surface area contributed by atoms with E-state index in [1.165, 1.54) is 0 Å². The Balaban J connectivity index is 1.91. The lowest BCUT2D eigenvalue weighted by Crippen LogP contribution is -2.13. The minimum Gasteiger partial charge on any atom is -0.462 e. The van der Waals surface area contributed by atoms with Crippen LogP contribution in [0, 0.1) is 0 Å². The summed E-state index contributed by atoms with van der Waals surface area (Å²) in [5, 5.41) is 1.88. The summed E-state index contributed by atoms with van der Waals surface area (Å²) in [7, 11) is 0. The summed E-state index contributed by atoms with van der Waals surface area (Å²) in [5.41, 5.74) is 3.29. The van der Waals surface area contributed by atoms with E-state index >= 15 is 0 Å². The summed E-state index contributed by atoms with van der Waals surface area (Å²) in [5.74, 6) is -0.774. The van der Waals surface area contributed by atoms with Gasteiger partial charge in [-0.3, -0.25) is 9.78 Å². The van der Waals surface area contributed by atoms with E-state index in [9.17, 15) is 9.59 Å². The molecule has 0 amide bonds. The third kappa shape index (κ3) is 3.20. The zero-order valence-corrected chi connectivity index (χ0v) is 18.2. The molecule has 0 radical (unpaired) electrons. The predicted molar refractivity (Wildman–Crippen MR) is 124 cm³/mol. The molecular formula is C25H17BrN2O3. The van der Waals surface area contributed by atoms with Crippen molar-refractivity contribution in [2.45, 2.75) is 6.92 Å². The van der Waals surface area contributed by atoms with E-state index in [0.717, 1.165) is 31.8 Å². The van der Waals surface area contributed by atoms with E-state index in [0.29, 0.717) is 5.56 Å². The monoisotopic (exact) mass is 472 g/mol. The van der Waals surface area contributed by atoms with E-state index in [1.807, 2.05) is 52.9 Å². The Morgan fingerprint density at radius 1 is 1.00 bits per heavy atom. The molecule has 0 atom stereocenters. The molecule has 2 aromatic carbocycles. The van der Waals surface area contributed by atoms with Crippen LogP contribution in [0.15, 0.2) is 77.4 Å². The lowest BCUT2D eigenvalue weighted by Gasteiger charge is -2.11. The van der Waals surface area contributed by atoms with Crippen LogP contribution in [0.25, 0.3) is 27.3 Å². The van der Waals surface area contributed by atoms with Crippen LogP contribution in [0.4, 0.5) is 0 Å². The number of carbonyl (C=O) groups is 2. The van der Waals surface area contributed by atoms with E-state index < -0.39 is 5.97 Å². The average Bonchev–Trinajstić information content (AvgIpc) is 3.19. The second kappa shape index (κ2) is 7.63. The maximum absolute atomic E-state index is 13.7. The van der Waals surface area contributed by atoms with E-state index in [4.69, 9.17) is 4.74 Å². The van der Waals surface area contributed by atoms with Crippen LogP contribution in [0.5, 0.6) is 0 Å². The molecular weight excluding hydrogens is 456 g/mol. The summed E-state index contributed by atoms with van der Waals surface area (Å²) >= 11 is 3.40. The Labute approximate surface area is 186 Å². The molecule has 3 aromatic heterocycles. The van der Waals surface area contributed by atoms with Crippen LogP contribution in [0.1, 0.15) is 33.3 Å². The van der Waals surface area contributed by atoms with Crippen molar-refractivity contribution in [1.29, 1.82) is 0 Å². The molecule has 0 saturated carbocycles. The number of nitrogens with zero attached hydrogens (tertiary/aromatic N) is 2. The van der Waals surface area contributed by atoms with Crippen molar-refractivity contribution in [3.63, 3.8) is 0 Å². The van der Waals surface area contributed by atoms with Gasteiger partial charge in [-0.05, 0) is 49.4 Å². The molecule has 0 bridgehead atoms. The van der Waals surface area contributed by atoms with Crippen molar-refractivity contribution >= 4 is 55.0 Å². The maximum Gasteiger partial charge on any atom is 0.340 e. The quantitative estimate of drug-likeness (QED) is 0.188. The van der Waals surface area contributed by atoms with E-state index in [2.05, 4.69) is 20.9 Å². The number of ketones is 1. The van der Waals surface area contributed by atoms with Crippen molar-refractivity contribution in [1.82, 2.24) is 9.38 Å². The lowest BCUT2D eigenvalue weighted by molar-refractivity contribution is 0.0523. The number of fused-ring (bicyclic) bond motifs is 5. The lowest BCUT2D eigenvalue weighted by atomic mass is 10.0. The Morgan fingerprint density at radius 3 is 2.52 bits per heavy atom. The molecule has 0 aliphatic rings. The van der Waals surface area contributed by atoms with Gasteiger partial charge in [0.15, 0.2) is 0 Å². The standard InChI is InChI=1S/C25H17BrN2O3/c1-2-31-25(30)20-14-19-12-9-16-6-5-15-4-3-13-27-21(15)22(16)28(19)23(20)24(29)17-7-10-18(26)11-8-17/h3-14H,2H2,1H3. The minimum absolute atomic E-state index is 0.224. The van der Waals surface area contributed by atoms with Crippen molar-refractivity contribution in [3.8, 4) is 0 Å². The van der Waals surface area contributed by atoms with Gasteiger partial charge in [-0.25, -0.2) is 4.79 Å². The molecule has 31 heavy (non-hydrogen) atoms. The molecule has 0 N–H and O–H groups in total. The van der Waals surface area contributed by atoms with Gasteiger partial charge in [0.05, 0.1) is 23.2 Å². The van der Waals surface area contributed by atoms with E-state index in [-0.39, 0.29) is 23.6 Å². The first kappa shape index (κ1) is 19.5. The van der Waals surface area contributed by atoms with Crippen LogP contribution in [-0.2, 0) is 4.74 Å². The predicted octanol–water partition coefficient (Wildman–Crippen LogP) is 5.81. The second-order valence-corrected chi connectivity index (χ2v) is 8.05. The second-order valence-electron chi connectivity index (χ2n) is 7.14. The van der Waals surface area contributed by atoms with Crippen LogP contribution in [-0.4, -0.2) is 27.7 Å². The Hall–Kier alpha value is -3.51. The molecule has 6 heteroatoms. The fourth-order valence-electron chi connectivity index (χ4n) is 3.91. The summed E-state index contributed by atoms with van der Waals surface area (Å²) in [4.78, 5) is 31.1. The topological polar surface area (TPSA) is 60.7 Å². The summed E-state index contributed by atoms with van der Waals surface area (Å²) in [6.45, 7) is 1.97. The Bertz CT molecular complexity index is 1490. The number of pyridine rings is 2. The number of hydrogen-bond acceptors (Lipinski definition) is 4. The smallest absolute Gasteiger partial charge is 0.340 e. The Kier molecular flexibility index (Phi) is 4.79. The third-order valence-corrected chi connectivity index (χ3v) is 5.81. The molecule has 0 fully saturated rings. The molecule has 0 aliphatic heterocycles. The van der Waals surface area contributed by atoms with Gasteiger partial charge in [-0.2, -0.15) is 0 Å². The number of carbonyl (C=O) groups excluding carboxylic acids is 2. The zero-order valence-electron chi connectivity index (χ0n) is 16.6. The van der Waals surface area contributed by atoms with Crippen molar-refractivity contribution < 1.29 is 14.3 Å². The molecule has 152 valence electrons. The fourth-order valence-corrected chi connectivity index (χ4v) is 4.17. The SMILES string of the molecule is CCOC(=O)c1cc2ccc3ccc4cccnc4c3n2c1C(=O)c1ccc(Br)cc1. The molecule has 0 unspecified atom stereocenters. The average molecular weight is 473 g/mol. The number of halogens is 1. The van der Waals surface area contributed by atoms with Gasteiger partial charge in [0.1, 0.15) is 5.69 Å². The normalized spacial score (nSPS) is 11.3. The van der Waals surface area contributed by atoms with Crippen molar-refractivity contribution in [2.24, 2.45) is 0 Å². The van der Waals surface area contributed by atoms with Gasteiger partial charge in [0.25, 0.3) is 0 Å². The first-order valence-corrected chi connectivity index (χ1v) is 10.7. The van der Waals surface area contributed by atoms with Gasteiger partial charge in [0.2, 0.25) is 5.78 Å².